The lowest BCUT2D eigenvalue weighted by Gasteiger charge is -2.20. The number of carbonyl (C=O) groups is 1. The Bertz CT molecular complexity index is 1080. The fourth-order valence-electron chi connectivity index (χ4n) is 2.54. The van der Waals surface area contributed by atoms with Crippen LogP contribution in [-0.2, 0) is 0 Å². The fourth-order valence-corrected chi connectivity index (χ4v) is 3.43. The Morgan fingerprint density at radius 3 is 2.46 bits per heavy atom. The maximum Gasteiger partial charge on any atom is 0.252 e. The van der Waals surface area contributed by atoms with Crippen molar-refractivity contribution in [3.63, 3.8) is 0 Å². The minimum absolute atomic E-state index is 0.335. The molecule has 0 radical (unpaired) electrons. The van der Waals surface area contributed by atoms with E-state index < -0.39 is 6.04 Å². The molecule has 0 spiro atoms. The molecule has 1 amide bonds. The maximum absolute atomic E-state index is 12.8. The lowest BCUT2D eigenvalue weighted by atomic mass is 10.0. The van der Waals surface area contributed by atoms with Gasteiger partial charge in [0.1, 0.15) is 6.07 Å². The van der Waals surface area contributed by atoms with E-state index in [1.54, 1.807) is 48.5 Å². The number of aromatic nitrogens is 1. The molecule has 0 saturated carbocycles. The van der Waals surface area contributed by atoms with Gasteiger partial charge in [0, 0.05) is 16.2 Å². The third-order valence-electron chi connectivity index (χ3n) is 3.95. The van der Waals surface area contributed by atoms with Crippen molar-refractivity contribution in [2.45, 2.75) is 6.04 Å². The monoisotopic (exact) mass is 493 g/mol. The third-order valence-corrected chi connectivity index (χ3v) is 5.57. The number of amides is 1. The van der Waals surface area contributed by atoms with Crippen molar-refractivity contribution < 1.29 is 4.79 Å². The van der Waals surface area contributed by atoms with Crippen molar-refractivity contribution in [1.82, 2.24) is 10.3 Å². The number of nitriles is 1. The van der Waals surface area contributed by atoms with Gasteiger partial charge < -0.3 is 5.32 Å². The average molecular weight is 496 g/mol. The first-order valence-corrected chi connectivity index (χ1v) is 9.88. The van der Waals surface area contributed by atoms with E-state index in [1.165, 1.54) is 6.20 Å². The van der Waals surface area contributed by atoms with Gasteiger partial charge in [-0.2, -0.15) is 5.26 Å². The summed E-state index contributed by atoms with van der Waals surface area (Å²) in [4.78, 5) is 17.2. The number of nitrogens with zero attached hydrogens (tertiary/aromatic N) is 2. The van der Waals surface area contributed by atoms with E-state index in [4.69, 9.17) is 40.1 Å². The van der Waals surface area contributed by atoms with Gasteiger partial charge in [0.2, 0.25) is 0 Å². The highest BCUT2D eigenvalue weighted by Crippen LogP contribution is 2.29. The van der Waals surface area contributed by atoms with Gasteiger partial charge in [-0.25, -0.2) is 0 Å². The molecule has 0 saturated heterocycles. The Labute approximate surface area is 185 Å². The van der Waals surface area contributed by atoms with Crippen molar-refractivity contribution in [3.05, 3.63) is 96.7 Å². The zero-order valence-electron chi connectivity index (χ0n) is 14.1. The Balaban J connectivity index is 1.98. The van der Waals surface area contributed by atoms with Crippen LogP contribution in [0.1, 0.15) is 33.2 Å². The third kappa shape index (κ3) is 4.65. The summed E-state index contributed by atoms with van der Waals surface area (Å²) in [5.41, 5.74) is 2.14. The molecule has 0 aliphatic carbocycles. The van der Waals surface area contributed by atoms with Crippen LogP contribution in [0.15, 0.2) is 59.2 Å². The fraction of sp³-hybridized carbons (Fsp3) is 0.0500. The zero-order valence-corrected chi connectivity index (χ0v) is 17.9. The topological polar surface area (TPSA) is 65.8 Å². The smallest absolute Gasteiger partial charge is 0.252 e. The SMILES string of the molecule is N#Cc1ccc(C(=O)N[C@@H](c2ccc(Cl)c(Cl)c2)c2ccc(Cl)cn2)cc1Br. The summed E-state index contributed by atoms with van der Waals surface area (Å²) >= 11 is 21.4. The molecule has 3 aromatic rings. The largest absolute Gasteiger partial charge is 0.340 e. The van der Waals surface area contributed by atoms with Gasteiger partial charge >= 0.3 is 0 Å². The zero-order chi connectivity index (χ0) is 20.3. The molecule has 0 aliphatic rings. The molecule has 28 heavy (non-hydrogen) atoms. The Morgan fingerprint density at radius 1 is 1.07 bits per heavy atom. The van der Waals surface area contributed by atoms with Crippen LogP contribution < -0.4 is 5.32 Å². The molecule has 1 aromatic heterocycles. The average Bonchev–Trinajstić information content (AvgIpc) is 2.69. The summed E-state index contributed by atoms with van der Waals surface area (Å²) in [5, 5.41) is 13.3. The van der Waals surface area contributed by atoms with Crippen LogP contribution in [0.5, 0.6) is 0 Å². The molecular weight excluding hydrogens is 485 g/mol. The first kappa shape index (κ1) is 20.6. The highest BCUT2D eigenvalue weighted by atomic mass is 79.9. The quantitative estimate of drug-likeness (QED) is 0.469. The molecule has 1 atom stereocenters. The molecule has 0 aliphatic heterocycles. The van der Waals surface area contributed by atoms with Gasteiger partial charge in [0.25, 0.3) is 5.91 Å². The van der Waals surface area contributed by atoms with Gasteiger partial charge in [0.15, 0.2) is 0 Å². The summed E-state index contributed by atoms with van der Waals surface area (Å²) in [6.07, 6.45) is 1.51. The minimum atomic E-state index is -0.575. The van der Waals surface area contributed by atoms with Crippen LogP contribution in [0, 0.1) is 11.3 Å². The van der Waals surface area contributed by atoms with Crippen LogP contribution >= 0.6 is 50.7 Å². The summed E-state index contributed by atoms with van der Waals surface area (Å²) < 4.78 is 0.540. The van der Waals surface area contributed by atoms with Crippen LogP contribution in [0.4, 0.5) is 0 Å². The van der Waals surface area contributed by atoms with E-state index in [2.05, 4.69) is 26.2 Å². The van der Waals surface area contributed by atoms with Gasteiger partial charge in [-0.15, -0.1) is 0 Å². The molecule has 8 heteroatoms. The van der Waals surface area contributed by atoms with E-state index in [0.717, 1.165) is 0 Å². The van der Waals surface area contributed by atoms with E-state index in [0.29, 0.717) is 41.9 Å². The summed E-state index contributed by atoms with van der Waals surface area (Å²) in [7, 11) is 0. The molecule has 1 heterocycles. The van der Waals surface area contributed by atoms with Crippen LogP contribution in [-0.4, -0.2) is 10.9 Å². The normalized spacial score (nSPS) is 11.5. The highest BCUT2D eigenvalue weighted by molar-refractivity contribution is 9.10. The van der Waals surface area contributed by atoms with Crippen molar-refractivity contribution >= 4 is 56.6 Å². The second-order valence-electron chi connectivity index (χ2n) is 5.79. The molecule has 140 valence electrons. The second-order valence-corrected chi connectivity index (χ2v) is 7.89. The maximum atomic E-state index is 12.8. The molecule has 0 bridgehead atoms. The predicted octanol–water partition coefficient (Wildman–Crippen LogP) is 6.20. The van der Waals surface area contributed by atoms with Crippen molar-refractivity contribution in [2.24, 2.45) is 0 Å². The van der Waals surface area contributed by atoms with E-state index in [1.807, 2.05) is 6.07 Å². The molecule has 0 fully saturated rings. The second kappa shape index (κ2) is 8.93. The predicted molar refractivity (Wildman–Crippen MR) is 114 cm³/mol. The minimum Gasteiger partial charge on any atom is -0.340 e. The molecule has 4 nitrogen and oxygen atoms in total. The number of pyridine rings is 1. The number of carbonyl (C=O) groups excluding carboxylic acids is 1. The summed E-state index contributed by atoms with van der Waals surface area (Å²) in [5.74, 6) is -0.335. The number of halogens is 4. The van der Waals surface area contributed by atoms with Crippen LogP contribution in [0.3, 0.4) is 0 Å². The van der Waals surface area contributed by atoms with E-state index in [9.17, 15) is 4.79 Å². The lowest BCUT2D eigenvalue weighted by molar-refractivity contribution is 0.0942. The molecule has 3 rings (SSSR count). The summed E-state index contributed by atoms with van der Waals surface area (Å²) in [6.45, 7) is 0. The number of nitrogens with one attached hydrogen (secondary N) is 1. The molecule has 0 unspecified atom stereocenters. The molecular formula is C20H11BrCl3N3O. The number of hydrogen-bond acceptors (Lipinski definition) is 3. The highest BCUT2D eigenvalue weighted by Gasteiger charge is 2.20. The van der Waals surface area contributed by atoms with Gasteiger partial charge in [-0.05, 0) is 64.0 Å². The van der Waals surface area contributed by atoms with E-state index in [-0.39, 0.29) is 5.91 Å². The van der Waals surface area contributed by atoms with Crippen LogP contribution in [0.25, 0.3) is 0 Å². The Morgan fingerprint density at radius 2 is 1.86 bits per heavy atom. The Kier molecular flexibility index (Phi) is 6.58. The van der Waals surface area contributed by atoms with Crippen molar-refractivity contribution in [1.29, 1.82) is 5.26 Å². The molecule has 1 N–H and O–H groups in total. The van der Waals surface area contributed by atoms with Crippen molar-refractivity contribution in [3.8, 4) is 6.07 Å². The van der Waals surface area contributed by atoms with Gasteiger partial charge in [-0.3, -0.25) is 9.78 Å². The number of benzene rings is 2. The summed E-state index contributed by atoms with van der Waals surface area (Å²) in [6, 6.07) is 14.7. The number of rotatable bonds is 4. The van der Waals surface area contributed by atoms with Gasteiger partial charge in [-0.1, -0.05) is 40.9 Å². The van der Waals surface area contributed by atoms with Crippen molar-refractivity contribution in [2.75, 3.05) is 0 Å². The van der Waals surface area contributed by atoms with Crippen LogP contribution in [0.2, 0.25) is 15.1 Å². The van der Waals surface area contributed by atoms with Gasteiger partial charge in [0.05, 0.1) is 32.4 Å². The number of hydrogen-bond donors (Lipinski definition) is 1. The standard InChI is InChI=1S/C20H11BrCl3N3O/c21-15-7-12(1-2-13(15)9-25)20(28)27-19(18-6-4-14(22)10-26-18)11-3-5-16(23)17(24)8-11/h1-8,10,19H,(H,27,28)/t19-/m0/s1. The molecule has 2 aromatic carbocycles. The van der Waals surface area contributed by atoms with E-state index >= 15 is 0 Å². The Hall–Kier alpha value is -2.10. The lowest BCUT2D eigenvalue weighted by Crippen LogP contribution is -2.30. The first-order chi connectivity index (χ1) is 13.4. The first-order valence-electron chi connectivity index (χ1n) is 7.96.